The van der Waals surface area contributed by atoms with Crippen LogP contribution in [0, 0.1) is 6.57 Å². The van der Waals surface area contributed by atoms with Crippen LogP contribution in [-0.4, -0.2) is 45.7 Å². The van der Waals surface area contributed by atoms with Gasteiger partial charge in [0.2, 0.25) is 6.36 Å². The zero-order valence-corrected chi connectivity index (χ0v) is 18.3. The van der Waals surface area contributed by atoms with Crippen molar-refractivity contribution in [1.29, 1.82) is 0 Å². The number of hydrogen-bond donors (Lipinski definition) is 0. The van der Waals surface area contributed by atoms with Crippen molar-refractivity contribution < 1.29 is 18.7 Å². The molecule has 2 aromatic heterocycles. The Hall–Kier alpha value is -3.31. The number of aromatic nitrogens is 3. The Bertz CT molecular complexity index is 1190. The van der Waals surface area contributed by atoms with Crippen LogP contribution in [0.1, 0.15) is 50.0 Å². The molecule has 1 aromatic carbocycles. The average Bonchev–Trinajstić information content (AvgIpc) is 3.38. The molecule has 0 bridgehead atoms. The van der Waals surface area contributed by atoms with Crippen LogP contribution in [0.15, 0.2) is 36.5 Å². The predicted octanol–water partition coefficient (Wildman–Crippen LogP) is 5.02. The van der Waals surface area contributed by atoms with E-state index in [4.69, 9.17) is 21.1 Å². The molecule has 3 aromatic rings. The summed E-state index contributed by atoms with van der Waals surface area (Å²) in [5.41, 5.74) is 2.41. The molecule has 7 nitrogen and oxygen atoms in total. The maximum absolute atomic E-state index is 13.3. The van der Waals surface area contributed by atoms with Crippen molar-refractivity contribution in [1.82, 2.24) is 14.8 Å². The molecule has 4 rings (SSSR count). The fraction of sp³-hybridized carbons (Fsp3) is 0.417. The molecule has 0 radical (unpaired) electrons. The number of ether oxygens (including phenoxy) is 2. The highest BCUT2D eigenvalue weighted by Crippen LogP contribution is 2.33. The molecule has 1 aliphatic rings. The van der Waals surface area contributed by atoms with E-state index in [-0.39, 0.29) is 24.9 Å². The second-order valence-corrected chi connectivity index (χ2v) is 8.41. The Kier molecular flexibility index (Phi) is 5.94. The first-order valence-corrected chi connectivity index (χ1v) is 10.6. The number of halogens is 1. The molecule has 8 heteroatoms. The Balaban J connectivity index is 1.73. The highest BCUT2D eigenvalue weighted by molar-refractivity contribution is 6.01. The molecule has 2 atom stereocenters. The van der Waals surface area contributed by atoms with Gasteiger partial charge in [-0.3, -0.25) is 14.5 Å². The van der Waals surface area contributed by atoms with Gasteiger partial charge in [0.15, 0.2) is 5.78 Å². The number of Topliss-reactive ketones (excluding diaryl/α,β-unsaturated/α-hetero) is 1. The van der Waals surface area contributed by atoms with E-state index in [0.29, 0.717) is 35.6 Å². The monoisotopic (exact) mass is 436 g/mol. The zero-order chi connectivity index (χ0) is 22.9. The number of fused-ring (bicyclic) bond motifs is 1. The third-order valence-electron chi connectivity index (χ3n) is 5.57. The van der Waals surface area contributed by atoms with E-state index in [1.807, 2.05) is 24.6 Å². The van der Waals surface area contributed by atoms with Crippen molar-refractivity contribution in [3.8, 4) is 17.0 Å². The van der Waals surface area contributed by atoms with Gasteiger partial charge >= 0.3 is 0 Å². The van der Waals surface area contributed by atoms with Gasteiger partial charge in [0.1, 0.15) is 23.6 Å². The highest BCUT2D eigenvalue weighted by Gasteiger charge is 2.43. The smallest absolute Gasteiger partial charge is 0.264 e. The molecular weight excluding hydrogens is 411 g/mol. The number of hydrogen-bond acceptors (Lipinski definition) is 5. The van der Waals surface area contributed by atoms with E-state index in [1.54, 1.807) is 24.3 Å². The fourth-order valence-corrected chi connectivity index (χ4v) is 3.93. The minimum Gasteiger partial charge on any atom is -0.461 e. The van der Waals surface area contributed by atoms with Crippen LogP contribution in [0.5, 0.6) is 5.75 Å². The van der Waals surface area contributed by atoms with Crippen molar-refractivity contribution in [2.45, 2.75) is 51.6 Å². The Labute approximate surface area is 186 Å². The molecule has 1 saturated heterocycles. The van der Waals surface area contributed by atoms with Crippen LogP contribution >= 0.6 is 0 Å². The van der Waals surface area contributed by atoms with Crippen molar-refractivity contribution in [3.05, 3.63) is 53.5 Å². The van der Waals surface area contributed by atoms with Crippen LogP contribution in [0.3, 0.4) is 0 Å². The molecule has 0 spiro atoms. The summed E-state index contributed by atoms with van der Waals surface area (Å²) < 4.78 is 25.7. The van der Waals surface area contributed by atoms with Gasteiger partial charge in [0, 0.05) is 30.3 Å². The first-order valence-electron chi connectivity index (χ1n) is 10.6. The van der Waals surface area contributed by atoms with Crippen LogP contribution in [0.2, 0.25) is 0 Å². The molecule has 166 valence electrons. The van der Waals surface area contributed by atoms with E-state index < -0.39 is 11.9 Å². The molecular formula is C24H25FN4O3. The van der Waals surface area contributed by atoms with Crippen LogP contribution in [0.4, 0.5) is 4.39 Å². The van der Waals surface area contributed by atoms with Crippen molar-refractivity contribution in [2.75, 3.05) is 13.2 Å². The van der Waals surface area contributed by atoms with Gasteiger partial charge in [-0.25, -0.2) is 11.0 Å². The SMILES string of the molecule is [C-]#[N+][C@@]1(CC(=O)c2cnc3c(-c4cccc(OC(C)F)c4)nn(C(C)C)c3c2)CCOC1. The van der Waals surface area contributed by atoms with Gasteiger partial charge in [-0.1, -0.05) is 12.1 Å². The topological polar surface area (TPSA) is 70.6 Å². The maximum Gasteiger partial charge on any atom is 0.264 e. The molecule has 0 N–H and O–H groups in total. The molecule has 0 amide bonds. The number of nitrogens with zero attached hydrogens (tertiary/aromatic N) is 4. The third kappa shape index (κ3) is 4.21. The Morgan fingerprint density at radius 2 is 2.19 bits per heavy atom. The lowest BCUT2D eigenvalue weighted by Gasteiger charge is -2.13. The normalized spacial score (nSPS) is 19.2. The van der Waals surface area contributed by atoms with Crippen LogP contribution in [0.25, 0.3) is 27.1 Å². The number of alkyl halides is 1. The zero-order valence-electron chi connectivity index (χ0n) is 18.3. The number of ketones is 1. The Morgan fingerprint density at radius 3 is 2.84 bits per heavy atom. The van der Waals surface area contributed by atoms with Crippen molar-refractivity contribution in [3.63, 3.8) is 0 Å². The van der Waals surface area contributed by atoms with Gasteiger partial charge in [-0.15, -0.1) is 0 Å². The van der Waals surface area contributed by atoms with E-state index in [1.165, 1.54) is 13.1 Å². The summed E-state index contributed by atoms with van der Waals surface area (Å²) in [5, 5.41) is 4.74. The standard InChI is InChI=1S/C24H25FN4O3/c1-15(2)29-20-11-18(21(30)12-24(26-4)8-9-31-14-24)13-27-23(20)22(28-29)17-6-5-7-19(10-17)32-16(3)25/h5-7,10-11,13,15-16H,8-9,12,14H2,1-3H3/t16?,24-/m1/s1. The number of rotatable bonds is 7. The minimum absolute atomic E-state index is 0.0292. The number of carbonyl (C=O) groups excluding carboxylic acids is 1. The molecule has 1 aliphatic heterocycles. The summed E-state index contributed by atoms with van der Waals surface area (Å²) in [6.07, 6.45) is 0.776. The third-order valence-corrected chi connectivity index (χ3v) is 5.57. The highest BCUT2D eigenvalue weighted by atomic mass is 19.1. The summed E-state index contributed by atoms with van der Waals surface area (Å²) in [6.45, 7) is 13.6. The van der Waals surface area contributed by atoms with Gasteiger partial charge in [0.25, 0.3) is 5.54 Å². The van der Waals surface area contributed by atoms with E-state index in [2.05, 4.69) is 9.83 Å². The van der Waals surface area contributed by atoms with E-state index in [9.17, 15) is 9.18 Å². The first-order chi connectivity index (χ1) is 15.3. The molecule has 1 unspecified atom stereocenters. The van der Waals surface area contributed by atoms with Crippen LogP contribution < -0.4 is 4.74 Å². The summed E-state index contributed by atoms with van der Waals surface area (Å²) in [4.78, 5) is 21.3. The molecule has 0 aliphatic carbocycles. The largest absolute Gasteiger partial charge is 0.461 e. The van der Waals surface area contributed by atoms with Crippen molar-refractivity contribution in [2.24, 2.45) is 0 Å². The van der Waals surface area contributed by atoms with Gasteiger partial charge in [-0.05, 0) is 32.0 Å². The van der Waals surface area contributed by atoms with E-state index in [0.717, 1.165) is 11.1 Å². The Morgan fingerprint density at radius 1 is 1.38 bits per heavy atom. The molecule has 3 heterocycles. The molecule has 0 saturated carbocycles. The minimum atomic E-state index is -1.43. The number of pyridine rings is 1. The molecule has 32 heavy (non-hydrogen) atoms. The second kappa shape index (κ2) is 8.67. The number of carbonyl (C=O) groups is 1. The first kappa shape index (κ1) is 21.9. The van der Waals surface area contributed by atoms with E-state index >= 15 is 0 Å². The van der Waals surface area contributed by atoms with Crippen molar-refractivity contribution >= 4 is 16.8 Å². The summed E-state index contributed by atoms with van der Waals surface area (Å²) in [6, 6.07) is 8.87. The van der Waals surface area contributed by atoms with Crippen LogP contribution in [-0.2, 0) is 4.74 Å². The fourth-order valence-electron chi connectivity index (χ4n) is 3.93. The lowest BCUT2D eigenvalue weighted by atomic mass is 9.91. The lowest BCUT2D eigenvalue weighted by Crippen LogP contribution is -2.28. The lowest BCUT2D eigenvalue weighted by molar-refractivity contribution is 0.0861. The quantitative estimate of drug-likeness (QED) is 0.384. The van der Waals surface area contributed by atoms with Gasteiger partial charge < -0.3 is 14.3 Å². The van der Waals surface area contributed by atoms with Gasteiger partial charge in [-0.2, -0.15) is 5.10 Å². The summed E-state index contributed by atoms with van der Waals surface area (Å²) in [7, 11) is 0. The number of benzene rings is 1. The summed E-state index contributed by atoms with van der Waals surface area (Å²) >= 11 is 0. The molecule has 1 fully saturated rings. The predicted molar refractivity (Wildman–Crippen MR) is 118 cm³/mol. The second-order valence-electron chi connectivity index (χ2n) is 8.41. The maximum atomic E-state index is 13.3. The summed E-state index contributed by atoms with van der Waals surface area (Å²) in [5.74, 6) is 0.269. The average molecular weight is 436 g/mol. The van der Waals surface area contributed by atoms with Gasteiger partial charge in [0.05, 0.1) is 25.0 Å².